The number of hydrogen-bond donors (Lipinski definition) is 1. The van der Waals surface area contributed by atoms with Gasteiger partial charge in [-0.3, -0.25) is 9.59 Å². The molecule has 0 aromatic heterocycles. The van der Waals surface area contributed by atoms with E-state index < -0.39 is 0 Å². The van der Waals surface area contributed by atoms with Gasteiger partial charge >= 0.3 is 0 Å². The first-order chi connectivity index (χ1) is 12.4. The zero-order valence-corrected chi connectivity index (χ0v) is 15.7. The summed E-state index contributed by atoms with van der Waals surface area (Å²) < 4.78 is 10.8. The fourth-order valence-corrected chi connectivity index (χ4v) is 2.48. The van der Waals surface area contributed by atoms with E-state index in [4.69, 9.17) is 9.47 Å². The number of carbonyl (C=O) groups excluding carboxylic acids is 2. The molecule has 0 saturated heterocycles. The number of rotatable bonds is 8. The van der Waals surface area contributed by atoms with Crippen LogP contribution in [0.5, 0.6) is 11.5 Å². The van der Waals surface area contributed by atoms with Crippen molar-refractivity contribution >= 4 is 17.4 Å². The zero-order valence-electron chi connectivity index (χ0n) is 15.7. The number of benzene rings is 2. The second-order valence-corrected chi connectivity index (χ2v) is 6.19. The minimum absolute atomic E-state index is 0.0616. The molecule has 1 amide bonds. The SMILES string of the molecule is CC[C@@H](C)c1ccc(NC(=O)COc2ccc(C(C)=O)cc2OC)cc1. The largest absolute Gasteiger partial charge is 0.493 e. The van der Waals surface area contributed by atoms with E-state index in [0.717, 1.165) is 12.1 Å². The molecule has 0 fully saturated rings. The quantitative estimate of drug-likeness (QED) is 0.712. The number of ketones is 1. The van der Waals surface area contributed by atoms with Gasteiger partial charge in [0.2, 0.25) is 0 Å². The van der Waals surface area contributed by atoms with Gasteiger partial charge in [0.1, 0.15) is 0 Å². The Balaban J connectivity index is 1.95. The molecule has 1 N–H and O–H groups in total. The Hall–Kier alpha value is -2.82. The van der Waals surface area contributed by atoms with E-state index in [9.17, 15) is 9.59 Å². The molecule has 26 heavy (non-hydrogen) atoms. The highest BCUT2D eigenvalue weighted by Crippen LogP contribution is 2.28. The third kappa shape index (κ3) is 5.09. The Labute approximate surface area is 154 Å². The van der Waals surface area contributed by atoms with E-state index in [2.05, 4.69) is 19.2 Å². The molecule has 2 aromatic rings. The van der Waals surface area contributed by atoms with Crippen LogP contribution >= 0.6 is 0 Å². The van der Waals surface area contributed by atoms with Gasteiger partial charge < -0.3 is 14.8 Å². The molecule has 2 rings (SSSR count). The van der Waals surface area contributed by atoms with Gasteiger partial charge in [0.15, 0.2) is 23.9 Å². The molecule has 0 saturated carbocycles. The highest BCUT2D eigenvalue weighted by atomic mass is 16.5. The molecule has 0 unspecified atom stereocenters. The van der Waals surface area contributed by atoms with Crippen molar-refractivity contribution in [2.24, 2.45) is 0 Å². The summed E-state index contributed by atoms with van der Waals surface area (Å²) in [4.78, 5) is 23.5. The number of nitrogens with one attached hydrogen (secondary N) is 1. The van der Waals surface area contributed by atoms with E-state index in [1.165, 1.54) is 19.6 Å². The number of Topliss-reactive ketones (excluding diaryl/α,β-unsaturated/α-hetero) is 1. The summed E-state index contributed by atoms with van der Waals surface area (Å²) in [6.07, 6.45) is 1.07. The molecule has 0 bridgehead atoms. The van der Waals surface area contributed by atoms with Crippen LogP contribution in [0.3, 0.4) is 0 Å². The van der Waals surface area contributed by atoms with Crippen molar-refractivity contribution in [3.8, 4) is 11.5 Å². The molecular formula is C21H25NO4. The lowest BCUT2D eigenvalue weighted by molar-refractivity contribution is -0.118. The monoisotopic (exact) mass is 355 g/mol. The summed E-state index contributed by atoms with van der Waals surface area (Å²) in [5, 5.41) is 2.80. The maximum atomic E-state index is 12.1. The topological polar surface area (TPSA) is 64.6 Å². The summed E-state index contributed by atoms with van der Waals surface area (Å²) in [5.41, 5.74) is 2.50. The summed E-state index contributed by atoms with van der Waals surface area (Å²) >= 11 is 0. The van der Waals surface area contributed by atoms with Crippen molar-refractivity contribution in [2.45, 2.75) is 33.1 Å². The van der Waals surface area contributed by atoms with Gasteiger partial charge in [0.05, 0.1) is 7.11 Å². The minimum Gasteiger partial charge on any atom is -0.493 e. The van der Waals surface area contributed by atoms with E-state index in [1.807, 2.05) is 24.3 Å². The van der Waals surface area contributed by atoms with Crippen LogP contribution in [-0.4, -0.2) is 25.4 Å². The highest BCUT2D eigenvalue weighted by Gasteiger charge is 2.11. The maximum absolute atomic E-state index is 12.1. The first kappa shape index (κ1) is 19.5. The van der Waals surface area contributed by atoms with Crippen molar-refractivity contribution in [2.75, 3.05) is 19.0 Å². The van der Waals surface area contributed by atoms with Crippen LogP contribution in [0.15, 0.2) is 42.5 Å². The number of carbonyl (C=O) groups is 2. The fraction of sp³-hybridized carbons (Fsp3) is 0.333. The first-order valence-corrected chi connectivity index (χ1v) is 8.66. The lowest BCUT2D eigenvalue weighted by atomic mass is 9.99. The third-order valence-electron chi connectivity index (χ3n) is 4.30. The minimum atomic E-state index is -0.265. The van der Waals surface area contributed by atoms with Gasteiger partial charge in [-0.25, -0.2) is 0 Å². The summed E-state index contributed by atoms with van der Waals surface area (Å²) in [5.74, 6) is 1.00. The lowest BCUT2D eigenvalue weighted by Gasteiger charge is -2.12. The second-order valence-electron chi connectivity index (χ2n) is 6.19. The van der Waals surface area contributed by atoms with Crippen molar-refractivity contribution in [1.82, 2.24) is 0 Å². The Morgan fingerprint density at radius 2 is 1.77 bits per heavy atom. The summed E-state index contributed by atoms with van der Waals surface area (Å²) in [6.45, 7) is 5.65. The van der Waals surface area contributed by atoms with Gasteiger partial charge in [0, 0.05) is 11.3 Å². The molecule has 0 radical (unpaired) electrons. The van der Waals surface area contributed by atoms with Gasteiger partial charge in [-0.1, -0.05) is 26.0 Å². The van der Waals surface area contributed by atoms with Crippen LogP contribution in [-0.2, 0) is 4.79 Å². The molecule has 0 aliphatic carbocycles. The summed E-state index contributed by atoms with van der Waals surface area (Å²) in [6, 6.07) is 12.7. The van der Waals surface area contributed by atoms with Crippen LogP contribution in [0, 0.1) is 0 Å². The molecule has 1 atom stereocenters. The Morgan fingerprint density at radius 3 is 2.35 bits per heavy atom. The number of hydrogen-bond acceptors (Lipinski definition) is 4. The van der Waals surface area contributed by atoms with Crippen molar-refractivity contribution in [1.29, 1.82) is 0 Å². The van der Waals surface area contributed by atoms with E-state index in [0.29, 0.717) is 23.0 Å². The average molecular weight is 355 g/mol. The van der Waals surface area contributed by atoms with Crippen LogP contribution in [0.4, 0.5) is 5.69 Å². The summed E-state index contributed by atoms with van der Waals surface area (Å²) in [7, 11) is 1.49. The number of amides is 1. The molecule has 5 heteroatoms. The molecule has 0 aliphatic rings. The number of anilines is 1. The second kappa shape index (κ2) is 9.04. The average Bonchev–Trinajstić information content (AvgIpc) is 2.66. The van der Waals surface area contributed by atoms with Crippen LogP contribution < -0.4 is 14.8 Å². The number of methoxy groups -OCH3 is 1. The Kier molecular flexibility index (Phi) is 6.78. The molecule has 0 heterocycles. The van der Waals surface area contributed by atoms with E-state index in [1.54, 1.807) is 18.2 Å². The van der Waals surface area contributed by atoms with Gasteiger partial charge in [-0.05, 0) is 55.2 Å². The van der Waals surface area contributed by atoms with Gasteiger partial charge in [0.25, 0.3) is 5.91 Å². The fourth-order valence-electron chi connectivity index (χ4n) is 2.48. The van der Waals surface area contributed by atoms with Gasteiger partial charge in [-0.15, -0.1) is 0 Å². The van der Waals surface area contributed by atoms with Crippen molar-refractivity contribution in [3.63, 3.8) is 0 Å². The molecule has 2 aromatic carbocycles. The first-order valence-electron chi connectivity index (χ1n) is 8.66. The third-order valence-corrected chi connectivity index (χ3v) is 4.30. The van der Waals surface area contributed by atoms with E-state index >= 15 is 0 Å². The van der Waals surface area contributed by atoms with Crippen LogP contribution in [0.25, 0.3) is 0 Å². The van der Waals surface area contributed by atoms with Crippen LogP contribution in [0.1, 0.15) is 49.0 Å². The van der Waals surface area contributed by atoms with Crippen molar-refractivity contribution < 1.29 is 19.1 Å². The normalized spacial score (nSPS) is 11.5. The number of ether oxygens (including phenoxy) is 2. The maximum Gasteiger partial charge on any atom is 0.262 e. The molecule has 0 aliphatic heterocycles. The van der Waals surface area contributed by atoms with E-state index in [-0.39, 0.29) is 18.3 Å². The molecular weight excluding hydrogens is 330 g/mol. The van der Waals surface area contributed by atoms with Gasteiger partial charge in [-0.2, -0.15) is 0 Å². The molecule has 0 spiro atoms. The predicted molar refractivity (Wildman–Crippen MR) is 102 cm³/mol. The molecule has 138 valence electrons. The lowest BCUT2D eigenvalue weighted by Crippen LogP contribution is -2.20. The predicted octanol–water partition coefficient (Wildman–Crippen LogP) is 4.43. The Morgan fingerprint density at radius 1 is 1.08 bits per heavy atom. The smallest absolute Gasteiger partial charge is 0.262 e. The molecule has 5 nitrogen and oxygen atoms in total. The Bertz CT molecular complexity index is 768. The standard InChI is InChI=1S/C21H25NO4/c1-5-14(2)16-6-9-18(10-7-16)22-21(24)13-26-19-11-8-17(15(3)23)12-20(19)25-4/h6-12,14H,5,13H2,1-4H3,(H,22,24)/t14-/m1/s1. The van der Waals surface area contributed by atoms with Crippen molar-refractivity contribution in [3.05, 3.63) is 53.6 Å². The highest BCUT2D eigenvalue weighted by molar-refractivity contribution is 5.95. The van der Waals surface area contributed by atoms with Crippen LogP contribution in [0.2, 0.25) is 0 Å². The zero-order chi connectivity index (χ0) is 19.1.